The summed E-state index contributed by atoms with van der Waals surface area (Å²) in [6.07, 6.45) is 4.91. The second kappa shape index (κ2) is 41.5. The number of carbonyl (C=O) groups excluding carboxylic acids is 13. The molecule has 0 spiro atoms. The van der Waals surface area contributed by atoms with Gasteiger partial charge in [-0.25, -0.2) is 4.98 Å². The maximum Gasteiger partial charge on any atom is 0.245 e. The van der Waals surface area contributed by atoms with Gasteiger partial charge in [-0.15, -0.1) is 0 Å². The molecule has 0 bridgehead atoms. The number of aliphatic imine (C=N–C) groups is 1. The zero-order valence-corrected chi connectivity index (χ0v) is 57.8. The highest BCUT2D eigenvalue weighted by Crippen LogP contribution is 2.20. The summed E-state index contributed by atoms with van der Waals surface area (Å²) in [6.45, 7) is 8.94. The Kier molecular flexibility index (Phi) is 34.3. The lowest BCUT2D eigenvalue weighted by atomic mass is 10.0. The minimum absolute atomic E-state index is 0.0110. The second-order valence-corrected chi connectivity index (χ2v) is 26.1. The number of nitrogens with one attached hydrogen (secondary N) is 11. The number of hydrogen-bond donors (Lipinski definition) is 17. The molecule has 33 nitrogen and oxygen atoms in total. The number of aromatic nitrogens is 2. The molecule has 22 N–H and O–H groups in total. The molecule has 4 rings (SSSR count). The van der Waals surface area contributed by atoms with Crippen LogP contribution >= 0.6 is 11.8 Å². The third-order valence-electron chi connectivity index (χ3n) is 15.9. The molecule has 0 unspecified atom stereocenters. The Morgan fingerprint density at radius 3 is 1.55 bits per heavy atom. The number of amides is 13. The molecule has 13 amide bonds. The number of guanidine groups is 1. The van der Waals surface area contributed by atoms with Crippen molar-refractivity contribution in [3.63, 3.8) is 0 Å². The van der Waals surface area contributed by atoms with Gasteiger partial charge < -0.3 is 96.8 Å². The van der Waals surface area contributed by atoms with Crippen LogP contribution in [0.15, 0.2) is 78.2 Å². The molecule has 12 atom stereocenters. The number of rotatable bonds is 42. The molecule has 1 saturated heterocycles. The molecule has 0 saturated carbocycles. The van der Waals surface area contributed by atoms with Gasteiger partial charge in [-0.05, 0) is 93.8 Å². The Hall–Kier alpha value is -9.70. The standard InChI is InChI=1S/C65H99N19O14S/c1-35(2)26-45(57(91)74-37(5)54(88)78-46(27-36(3)4)59(93)76-43(20-14-23-72-65(69)70)56(90)77-44(53(68)87)28-39-16-10-8-11-17-39)80-61(95)49(31-52(67)86)79-55(89)38(6)75-58(92)47(29-40-18-12-9-13-19-40)81-62(96)50(33-85)83-60(94)48(30-41-32-71-34-73-41)82-63(97)51-21-15-24-84(51)64(98)42(66)22-25-99-7/h8-13,16-19,32,34-38,42-51,85H,14-15,20-31,33,66H2,1-7H3,(H2,67,86)(H2,68,87)(H,71,73)(H,74,91)(H,75,92)(H,76,93)(H,77,90)(H,78,88)(H,79,89)(H,80,95)(H,81,96)(H,82,97)(H,83,94)(H4,69,70,72)/t37-,38-,42-,43-,44-,45-,46-,47-,48-,49-,50-,51-/m0/s1. The van der Waals surface area contributed by atoms with Crippen LogP contribution in [0, 0.1) is 11.8 Å². The minimum Gasteiger partial charge on any atom is -0.394 e. The van der Waals surface area contributed by atoms with Crippen molar-refractivity contribution < 1.29 is 67.4 Å². The quantitative estimate of drug-likeness (QED) is 0.0146. The van der Waals surface area contributed by atoms with Gasteiger partial charge in [0.2, 0.25) is 76.8 Å². The van der Waals surface area contributed by atoms with E-state index in [1.807, 2.05) is 6.26 Å². The summed E-state index contributed by atoms with van der Waals surface area (Å²) in [5.41, 5.74) is 30.0. The van der Waals surface area contributed by atoms with Crippen molar-refractivity contribution in [1.29, 1.82) is 0 Å². The van der Waals surface area contributed by atoms with Crippen LogP contribution in [0.5, 0.6) is 0 Å². The van der Waals surface area contributed by atoms with Crippen LogP contribution in [-0.2, 0) is 81.6 Å². The van der Waals surface area contributed by atoms with Gasteiger partial charge in [0, 0.05) is 44.2 Å². The van der Waals surface area contributed by atoms with E-state index in [1.54, 1.807) is 88.4 Å². The zero-order valence-electron chi connectivity index (χ0n) is 57.0. The molecule has 1 fully saturated rings. The first-order valence-corrected chi connectivity index (χ1v) is 34.2. The Morgan fingerprint density at radius 1 is 0.576 bits per heavy atom. The highest BCUT2D eigenvalue weighted by molar-refractivity contribution is 7.98. The Morgan fingerprint density at radius 2 is 1.03 bits per heavy atom. The number of H-pyrrole nitrogens is 1. The zero-order chi connectivity index (χ0) is 73.5. The van der Waals surface area contributed by atoms with Gasteiger partial charge in [0.15, 0.2) is 5.96 Å². The van der Waals surface area contributed by atoms with Gasteiger partial charge in [0.25, 0.3) is 0 Å². The molecular weight excluding hydrogens is 1300 g/mol. The van der Waals surface area contributed by atoms with Crippen molar-refractivity contribution in [3.8, 4) is 0 Å². The fraction of sp³-hybridized carbons (Fsp3) is 0.554. The van der Waals surface area contributed by atoms with E-state index in [0.717, 1.165) is 0 Å². The van der Waals surface area contributed by atoms with Crippen molar-refractivity contribution in [2.75, 3.05) is 31.7 Å². The predicted octanol–water partition coefficient (Wildman–Crippen LogP) is -4.10. The van der Waals surface area contributed by atoms with Crippen LogP contribution < -0.4 is 81.8 Å². The van der Waals surface area contributed by atoms with Crippen LogP contribution in [0.4, 0.5) is 0 Å². The number of likely N-dealkylation sites (tertiary alicyclic amines) is 1. The SMILES string of the molecule is CSCC[C@H](N)C(=O)N1CCC[C@H]1C(=O)N[C@@H](Cc1cnc[nH]1)C(=O)N[C@@H](CO)C(=O)N[C@@H](Cc1ccccc1)C(=O)N[C@@H](C)C(=O)N[C@@H](CC(N)=O)C(=O)N[C@@H](CC(C)C)C(=O)N[C@@H](C)C(=O)N[C@@H](CC(C)C)C(=O)N[C@@H](CCCN=C(N)N)C(=O)N[C@@H](Cc1ccccc1)C(N)=O. The summed E-state index contributed by atoms with van der Waals surface area (Å²) in [5.74, 6) is -11.3. The molecule has 1 aliphatic rings. The lowest BCUT2D eigenvalue weighted by Gasteiger charge is -2.29. The predicted molar refractivity (Wildman–Crippen MR) is 368 cm³/mol. The summed E-state index contributed by atoms with van der Waals surface area (Å²) in [5, 5.41) is 36.1. The number of aromatic amines is 1. The van der Waals surface area contributed by atoms with E-state index in [1.165, 1.54) is 43.0 Å². The molecule has 1 aromatic heterocycles. The fourth-order valence-corrected chi connectivity index (χ4v) is 11.1. The third kappa shape index (κ3) is 28.4. The number of imidazole rings is 1. The van der Waals surface area contributed by atoms with Crippen LogP contribution in [0.1, 0.15) is 110 Å². The van der Waals surface area contributed by atoms with E-state index in [0.29, 0.717) is 41.8 Å². The summed E-state index contributed by atoms with van der Waals surface area (Å²) in [6, 6.07) is 0.954. The van der Waals surface area contributed by atoms with Crippen molar-refractivity contribution in [1.82, 2.24) is 68.0 Å². The number of thioether (sulfide) groups is 1. The average Bonchev–Trinajstić information content (AvgIpc) is 1.77. The van der Waals surface area contributed by atoms with E-state index in [-0.39, 0.29) is 75.8 Å². The number of nitrogens with two attached hydrogens (primary N) is 5. The molecule has 34 heteroatoms. The minimum atomic E-state index is -1.75. The summed E-state index contributed by atoms with van der Waals surface area (Å²) in [7, 11) is 0. The first-order valence-electron chi connectivity index (χ1n) is 32.8. The average molecular weight is 1400 g/mol. The molecule has 3 aromatic rings. The van der Waals surface area contributed by atoms with Crippen molar-refractivity contribution >= 4 is 94.5 Å². The van der Waals surface area contributed by atoms with Crippen LogP contribution in [0.3, 0.4) is 0 Å². The molecule has 0 radical (unpaired) electrons. The molecular formula is C65H99N19O14S. The maximum atomic E-state index is 14.2. The highest BCUT2D eigenvalue weighted by Gasteiger charge is 2.40. The largest absolute Gasteiger partial charge is 0.394 e. The molecule has 0 aliphatic carbocycles. The first kappa shape index (κ1) is 81.7. The molecule has 2 heterocycles. The first-order chi connectivity index (χ1) is 46.9. The number of hydrogen-bond acceptors (Lipinski definition) is 18. The van der Waals surface area contributed by atoms with Gasteiger partial charge >= 0.3 is 0 Å². The number of benzene rings is 2. The maximum absolute atomic E-state index is 14.2. The van der Waals surface area contributed by atoms with E-state index >= 15 is 0 Å². The van der Waals surface area contributed by atoms with Crippen LogP contribution in [-0.4, -0.2) is 207 Å². The van der Waals surface area contributed by atoms with Crippen LogP contribution in [0.2, 0.25) is 0 Å². The van der Waals surface area contributed by atoms with Crippen molar-refractivity contribution in [2.45, 2.75) is 185 Å². The van der Waals surface area contributed by atoms with Gasteiger partial charge in [-0.3, -0.25) is 67.3 Å². The van der Waals surface area contributed by atoms with Crippen molar-refractivity contribution in [2.24, 2.45) is 45.5 Å². The Bertz CT molecular complexity index is 3230. The number of nitrogens with zero attached hydrogens (tertiary/aromatic N) is 3. The van der Waals surface area contributed by atoms with E-state index < -0.39 is 162 Å². The highest BCUT2D eigenvalue weighted by atomic mass is 32.2. The topological polar surface area (TPSA) is 537 Å². The van der Waals surface area contributed by atoms with E-state index in [2.05, 4.69) is 68.1 Å². The Balaban J connectivity index is 1.46. The summed E-state index contributed by atoms with van der Waals surface area (Å²) < 4.78 is 0. The van der Waals surface area contributed by atoms with Crippen molar-refractivity contribution in [3.05, 3.63) is 90.0 Å². The molecule has 99 heavy (non-hydrogen) atoms. The lowest BCUT2D eigenvalue weighted by molar-refractivity contribution is -0.140. The van der Waals surface area contributed by atoms with Gasteiger partial charge in [0.1, 0.15) is 66.5 Å². The molecule has 544 valence electrons. The monoisotopic (exact) mass is 1400 g/mol. The van der Waals surface area contributed by atoms with E-state index in [9.17, 15) is 67.4 Å². The summed E-state index contributed by atoms with van der Waals surface area (Å²) >= 11 is 1.52. The number of aliphatic hydroxyl groups excluding tert-OH is 1. The number of primary amides is 2. The van der Waals surface area contributed by atoms with E-state index in [4.69, 9.17) is 28.7 Å². The van der Waals surface area contributed by atoms with Gasteiger partial charge in [-0.1, -0.05) is 88.4 Å². The number of aliphatic hydroxyl groups is 1. The molecule has 2 aromatic carbocycles. The van der Waals surface area contributed by atoms with Crippen LogP contribution in [0.25, 0.3) is 0 Å². The second-order valence-electron chi connectivity index (χ2n) is 25.2. The number of carbonyl (C=O) groups is 13. The normalized spacial score (nSPS) is 16.0. The van der Waals surface area contributed by atoms with Gasteiger partial charge in [0.05, 0.1) is 25.4 Å². The Labute approximate surface area is 579 Å². The lowest BCUT2D eigenvalue weighted by Crippen LogP contribution is -2.61. The van der Waals surface area contributed by atoms with Gasteiger partial charge in [-0.2, -0.15) is 11.8 Å². The summed E-state index contributed by atoms with van der Waals surface area (Å²) in [4.78, 5) is 191. The molecule has 1 aliphatic heterocycles. The fourth-order valence-electron chi connectivity index (χ4n) is 10.6. The third-order valence-corrected chi connectivity index (χ3v) is 16.5. The smallest absolute Gasteiger partial charge is 0.245 e.